The van der Waals surface area contributed by atoms with Crippen LogP contribution in [0, 0.1) is 0 Å². The van der Waals surface area contributed by atoms with Gasteiger partial charge in [-0.15, -0.1) is 0 Å². The summed E-state index contributed by atoms with van der Waals surface area (Å²) in [5, 5.41) is 0. The molecule has 0 aromatic rings. The van der Waals surface area contributed by atoms with E-state index in [1.165, 1.54) is 9.95 Å². The van der Waals surface area contributed by atoms with Crippen LogP contribution in [-0.2, 0) is 9.31 Å². The minimum Gasteiger partial charge on any atom is -0.400 e. The molecule has 92 valence electrons. The van der Waals surface area contributed by atoms with Crippen molar-refractivity contribution in [3.05, 3.63) is 9.95 Å². The van der Waals surface area contributed by atoms with Gasteiger partial charge < -0.3 is 9.31 Å². The van der Waals surface area contributed by atoms with Gasteiger partial charge >= 0.3 is 7.12 Å². The normalized spacial score (nSPS) is 24.6. The lowest BCUT2D eigenvalue weighted by atomic mass is 9.76. The summed E-state index contributed by atoms with van der Waals surface area (Å²) >= 11 is 3.61. The van der Waals surface area contributed by atoms with Gasteiger partial charge in [0.25, 0.3) is 0 Å². The maximum atomic E-state index is 6.03. The van der Waals surface area contributed by atoms with E-state index in [0.717, 1.165) is 12.8 Å². The molecule has 0 aliphatic carbocycles. The van der Waals surface area contributed by atoms with Crippen LogP contribution in [0.3, 0.4) is 0 Å². The third kappa shape index (κ3) is 2.54. The number of hydrogen-bond acceptors (Lipinski definition) is 2. The van der Waals surface area contributed by atoms with Gasteiger partial charge in [-0.05, 0) is 50.5 Å². The number of hydrogen-bond donors (Lipinski definition) is 0. The molecule has 16 heavy (non-hydrogen) atoms. The van der Waals surface area contributed by atoms with Crippen LogP contribution >= 0.6 is 15.9 Å². The first-order valence-electron chi connectivity index (χ1n) is 5.98. The Morgan fingerprint density at radius 2 is 1.44 bits per heavy atom. The molecule has 0 unspecified atom stereocenters. The summed E-state index contributed by atoms with van der Waals surface area (Å²) < 4.78 is 13.3. The zero-order chi connectivity index (χ0) is 12.6. The third-order valence-electron chi connectivity index (χ3n) is 3.58. The summed E-state index contributed by atoms with van der Waals surface area (Å²) in [6.45, 7) is 12.6. The second-order valence-electron chi connectivity index (χ2n) is 5.23. The van der Waals surface area contributed by atoms with Crippen molar-refractivity contribution in [1.82, 2.24) is 0 Å². The van der Waals surface area contributed by atoms with Gasteiger partial charge in [0.2, 0.25) is 0 Å². The van der Waals surface area contributed by atoms with Crippen LogP contribution in [0.1, 0.15) is 54.4 Å². The molecular formula is C12H22BBrO2. The average molecular weight is 289 g/mol. The van der Waals surface area contributed by atoms with Crippen molar-refractivity contribution in [2.75, 3.05) is 0 Å². The quantitative estimate of drug-likeness (QED) is 0.729. The van der Waals surface area contributed by atoms with E-state index in [1.807, 2.05) is 0 Å². The summed E-state index contributed by atoms with van der Waals surface area (Å²) in [6.07, 6.45) is 1.93. The van der Waals surface area contributed by atoms with E-state index in [4.69, 9.17) is 9.31 Å². The lowest BCUT2D eigenvalue weighted by Gasteiger charge is -2.32. The van der Waals surface area contributed by atoms with Gasteiger partial charge in [0, 0.05) is 0 Å². The van der Waals surface area contributed by atoms with Crippen LogP contribution in [-0.4, -0.2) is 18.3 Å². The van der Waals surface area contributed by atoms with Crippen molar-refractivity contribution in [1.29, 1.82) is 0 Å². The lowest BCUT2D eigenvalue weighted by molar-refractivity contribution is 0.00578. The van der Waals surface area contributed by atoms with Gasteiger partial charge in [-0.25, -0.2) is 0 Å². The highest BCUT2D eigenvalue weighted by molar-refractivity contribution is 9.11. The predicted octanol–water partition coefficient (Wildman–Crippen LogP) is 4.09. The molecule has 1 rings (SSSR count). The standard InChI is InChI=1S/C12H22BBrO2/c1-7-9(10(14)8-2)13-15-11(3,4)12(5,6)16-13/h7-8H2,1-6H3/b10-9-. The monoisotopic (exact) mass is 288 g/mol. The first kappa shape index (κ1) is 14.3. The second-order valence-corrected chi connectivity index (χ2v) is 6.18. The largest absolute Gasteiger partial charge is 0.491 e. The average Bonchev–Trinajstić information content (AvgIpc) is 2.36. The van der Waals surface area contributed by atoms with Crippen molar-refractivity contribution in [3.63, 3.8) is 0 Å². The van der Waals surface area contributed by atoms with E-state index in [2.05, 4.69) is 57.5 Å². The third-order valence-corrected chi connectivity index (χ3v) is 4.65. The second kappa shape index (κ2) is 4.83. The van der Waals surface area contributed by atoms with E-state index in [-0.39, 0.29) is 18.3 Å². The van der Waals surface area contributed by atoms with Gasteiger partial charge in [0.1, 0.15) is 0 Å². The van der Waals surface area contributed by atoms with Crippen molar-refractivity contribution in [2.45, 2.75) is 65.6 Å². The Morgan fingerprint density at radius 1 is 1.00 bits per heavy atom. The number of halogens is 1. The van der Waals surface area contributed by atoms with Crippen LogP contribution in [0.25, 0.3) is 0 Å². The fraction of sp³-hybridized carbons (Fsp3) is 0.833. The fourth-order valence-corrected chi connectivity index (χ4v) is 2.17. The minimum atomic E-state index is -0.251. The molecule has 2 nitrogen and oxygen atoms in total. The van der Waals surface area contributed by atoms with Crippen LogP contribution in [0.4, 0.5) is 0 Å². The van der Waals surface area contributed by atoms with Gasteiger partial charge in [-0.3, -0.25) is 0 Å². The summed E-state index contributed by atoms with van der Waals surface area (Å²) in [5.41, 5.74) is 0.722. The molecule has 0 N–H and O–H groups in total. The van der Waals surface area contributed by atoms with Gasteiger partial charge in [-0.1, -0.05) is 29.8 Å². The van der Waals surface area contributed by atoms with Crippen molar-refractivity contribution in [2.24, 2.45) is 0 Å². The summed E-state index contributed by atoms with van der Waals surface area (Å²) in [7, 11) is -0.204. The van der Waals surface area contributed by atoms with E-state index in [9.17, 15) is 0 Å². The maximum absolute atomic E-state index is 6.03. The molecule has 4 heteroatoms. The van der Waals surface area contributed by atoms with E-state index in [1.54, 1.807) is 0 Å². The van der Waals surface area contributed by atoms with E-state index in [0.29, 0.717) is 0 Å². The van der Waals surface area contributed by atoms with Crippen LogP contribution in [0.2, 0.25) is 0 Å². The summed E-state index contributed by atoms with van der Waals surface area (Å²) in [4.78, 5) is 0. The molecule has 0 spiro atoms. The first-order chi connectivity index (χ1) is 7.25. The zero-order valence-corrected chi connectivity index (χ0v) is 12.8. The fourth-order valence-electron chi connectivity index (χ4n) is 1.70. The van der Waals surface area contributed by atoms with Gasteiger partial charge in [0.15, 0.2) is 0 Å². The molecular weight excluding hydrogens is 267 g/mol. The molecule has 0 aromatic heterocycles. The van der Waals surface area contributed by atoms with Crippen LogP contribution < -0.4 is 0 Å². The predicted molar refractivity (Wildman–Crippen MR) is 72.6 cm³/mol. The maximum Gasteiger partial charge on any atom is 0.491 e. The highest BCUT2D eigenvalue weighted by Crippen LogP contribution is 2.40. The Morgan fingerprint density at radius 3 is 1.75 bits per heavy atom. The minimum absolute atomic E-state index is 0.204. The Bertz CT molecular complexity index is 281. The smallest absolute Gasteiger partial charge is 0.400 e. The Balaban J connectivity index is 2.95. The molecule has 0 saturated carbocycles. The number of rotatable bonds is 3. The Hall–Kier alpha value is 0.205. The van der Waals surface area contributed by atoms with E-state index >= 15 is 0 Å². The van der Waals surface area contributed by atoms with Crippen LogP contribution in [0.5, 0.6) is 0 Å². The summed E-state index contributed by atoms with van der Waals surface area (Å²) in [6, 6.07) is 0. The van der Waals surface area contributed by atoms with Crippen molar-refractivity contribution in [3.8, 4) is 0 Å². The van der Waals surface area contributed by atoms with Crippen LogP contribution in [0.15, 0.2) is 9.95 Å². The van der Waals surface area contributed by atoms with Crippen molar-refractivity contribution < 1.29 is 9.31 Å². The SMILES string of the molecule is CC/C(Br)=C(\CC)B1OC(C)(C)C(C)(C)O1. The molecule has 1 heterocycles. The highest BCUT2D eigenvalue weighted by atomic mass is 79.9. The Labute approximate surface area is 108 Å². The molecule has 1 saturated heterocycles. The molecule has 1 fully saturated rings. The molecule has 1 aliphatic rings. The molecule has 0 amide bonds. The number of allylic oxidation sites excluding steroid dienone is 2. The topological polar surface area (TPSA) is 18.5 Å². The molecule has 0 atom stereocenters. The zero-order valence-electron chi connectivity index (χ0n) is 11.2. The molecule has 1 aliphatic heterocycles. The lowest BCUT2D eigenvalue weighted by Crippen LogP contribution is -2.41. The Kier molecular flexibility index (Phi) is 4.31. The molecule has 0 bridgehead atoms. The van der Waals surface area contributed by atoms with Gasteiger partial charge in [-0.2, -0.15) is 0 Å². The molecule has 0 radical (unpaired) electrons. The summed E-state index contributed by atoms with van der Waals surface area (Å²) in [5.74, 6) is 0. The van der Waals surface area contributed by atoms with Gasteiger partial charge in [0.05, 0.1) is 11.2 Å². The highest BCUT2D eigenvalue weighted by Gasteiger charge is 2.52. The molecule has 0 aromatic carbocycles. The first-order valence-corrected chi connectivity index (χ1v) is 6.77. The van der Waals surface area contributed by atoms with Crippen molar-refractivity contribution >= 4 is 23.0 Å². The van der Waals surface area contributed by atoms with E-state index < -0.39 is 0 Å².